The van der Waals surface area contributed by atoms with Crippen molar-refractivity contribution in [3.63, 3.8) is 0 Å². The maximum Gasteiger partial charge on any atom is 0.254 e. The molecule has 0 saturated carbocycles. The summed E-state index contributed by atoms with van der Waals surface area (Å²) in [5, 5.41) is 0.697. The molecule has 10 heteroatoms. The van der Waals surface area contributed by atoms with Gasteiger partial charge in [-0.15, -0.1) is 11.3 Å². The number of amides is 1. The Morgan fingerprint density at radius 2 is 1.76 bits per heavy atom. The molecule has 152 valence electrons. The van der Waals surface area contributed by atoms with Crippen molar-refractivity contribution < 1.29 is 13.2 Å². The van der Waals surface area contributed by atoms with Crippen molar-refractivity contribution in [2.75, 3.05) is 26.2 Å². The number of thiophene rings is 1. The van der Waals surface area contributed by atoms with E-state index in [1.54, 1.807) is 24.1 Å². The van der Waals surface area contributed by atoms with E-state index in [1.807, 2.05) is 18.2 Å². The lowest BCUT2D eigenvalue weighted by molar-refractivity contribution is 0.0699. The minimum absolute atomic E-state index is 0.187. The first-order valence-electron chi connectivity index (χ1n) is 8.92. The normalized spacial score (nSPS) is 15.7. The third-order valence-electron chi connectivity index (χ3n) is 5.05. The molecule has 0 N–H and O–H groups in total. The Bertz CT molecular complexity index is 1260. The van der Waals surface area contributed by atoms with Crippen LogP contribution in [0.4, 0.5) is 0 Å². The predicted molar refractivity (Wildman–Crippen MR) is 113 cm³/mol. The molecule has 0 aliphatic carbocycles. The van der Waals surface area contributed by atoms with Crippen LogP contribution in [0.25, 0.3) is 10.9 Å². The van der Waals surface area contributed by atoms with Crippen LogP contribution in [-0.4, -0.2) is 54.3 Å². The lowest BCUT2D eigenvalue weighted by Gasteiger charge is -2.34. The van der Waals surface area contributed by atoms with Gasteiger partial charge in [-0.2, -0.15) is 4.31 Å². The van der Waals surface area contributed by atoms with Gasteiger partial charge in [-0.3, -0.25) is 9.59 Å². The number of hydrogen-bond acceptors (Lipinski definition) is 5. The molecule has 1 aromatic carbocycles. The van der Waals surface area contributed by atoms with Gasteiger partial charge >= 0.3 is 0 Å². The van der Waals surface area contributed by atoms with Gasteiger partial charge in [0.15, 0.2) is 0 Å². The largest absolute Gasteiger partial charge is 0.336 e. The number of halogens is 1. The summed E-state index contributed by atoms with van der Waals surface area (Å²) in [6, 6.07) is 11.6. The Morgan fingerprint density at radius 3 is 2.41 bits per heavy atom. The molecule has 3 heterocycles. The van der Waals surface area contributed by atoms with E-state index in [2.05, 4.69) is 0 Å². The molecule has 2 aromatic heterocycles. The Morgan fingerprint density at radius 1 is 1.07 bits per heavy atom. The van der Waals surface area contributed by atoms with Crippen LogP contribution in [0.15, 0.2) is 51.5 Å². The maximum absolute atomic E-state index is 13.1. The van der Waals surface area contributed by atoms with Crippen molar-refractivity contribution in [2.24, 2.45) is 7.05 Å². The number of sulfonamides is 1. The van der Waals surface area contributed by atoms with E-state index in [1.165, 1.54) is 21.0 Å². The average molecular weight is 452 g/mol. The highest BCUT2D eigenvalue weighted by Gasteiger charge is 2.32. The van der Waals surface area contributed by atoms with Gasteiger partial charge in [0.05, 0.1) is 15.4 Å². The third kappa shape index (κ3) is 3.59. The van der Waals surface area contributed by atoms with Gasteiger partial charge in [-0.25, -0.2) is 8.42 Å². The fourth-order valence-electron chi connectivity index (χ4n) is 3.45. The maximum atomic E-state index is 13.1. The van der Waals surface area contributed by atoms with E-state index in [0.717, 1.165) is 11.3 Å². The summed E-state index contributed by atoms with van der Waals surface area (Å²) in [5.74, 6) is -0.268. The van der Waals surface area contributed by atoms with Gasteiger partial charge in [0.2, 0.25) is 0 Å². The van der Waals surface area contributed by atoms with Crippen LogP contribution in [-0.2, 0) is 17.1 Å². The summed E-state index contributed by atoms with van der Waals surface area (Å²) < 4.78 is 28.9. The number of para-hydroxylation sites is 1. The van der Waals surface area contributed by atoms with Crippen molar-refractivity contribution in [1.82, 2.24) is 13.8 Å². The average Bonchev–Trinajstić information content (AvgIpc) is 3.17. The summed E-state index contributed by atoms with van der Waals surface area (Å²) in [7, 11) is -1.96. The minimum atomic E-state index is -3.63. The lowest BCUT2D eigenvalue weighted by Crippen LogP contribution is -2.50. The van der Waals surface area contributed by atoms with Crippen LogP contribution < -0.4 is 5.56 Å². The number of fused-ring (bicyclic) bond motifs is 1. The zero-order chi connectivity index (χ0) is 20.8. The quantitative estimate of drug-likeness (QED) is 0.612. The first-order chi connectivity index (χ1) is 13.8. The van der Waals surface area contributed by atoms with Crippen molar-refractivity contribution in [3.8, 4) is 0 Å². The Labute approximate surface area is 176 Å². The minimum Gasteiger partial charge on any atom is -0.336 e. The SMILES string of the molecule is Cn1c(=O)cc(C(=O)N2CCN(S(=O)(=O)c3ccc(Cl)s3)CC2)c2ccccc21. The number of pyridine rings is 1. The van der Waals surface area contributed by atoms with Gasteiger partial charge in [-0.05, 0) is 18.2 Å². The van der Waals surface area contributed by atoms with E-state index < -0.39 is 10.0 Å². The van der Waals surface area contributed by atoms with Gasteiger partial charge in [0.1, 0.15) is 4.21 Å². The van der Waals surface area contributed by atoms with Crippen LogP contribution in [0.3, 0.4) is 0 Å². The standard InChI is InChI=1S/C19H18ClN3O4S2/c1-21-15-5-3-2-4-13(15)14(12-17(21)24)19(25)22-8-10-23(11-9-22)29(26,27)18-7-6-16(20)28-18/h2-7,12H,8-11H2,1H3. The van der Waals surface area contributed by atoms with Gasteiger partial charge in [0.25, 0.3) is 21.5 Å². The molecule has 0 spiro atoms. The van der Waals surface area contributed by atoms with E-state index in [-0.39, 0.29) is 41.9 Å². The van der Waals surface area contributed by atoms with Gasteiger partial charge in [0, 0.05) is 44.7 Å². The number of carbonyl (C=O) groups excluding carboxylic acids is 1. The molecule has 1 aliphatic rings. The van der Waals surface area contributed by atoms with Crippen LogP contribution in [0.2, 0.25) is 4.34 Å². The molecule has 3 aromatic rings. The second-order valence-corrected chi connectivity index (χ2v) is 10.6. The molecule has 0 radical (unpaired) electrons. The number of nitrogens with zero attached hydrogens (tertiary/aromatic N) is 3. The number of piperazine rings is 1. The molecular weight excluding hydrogens is 434 g/mol. The molecule has 0 atom stereocenters. The van der Waals surface area contributed by atoms with E-state index >= 15 is 0 Å². The molecule has 1 fully saturated rings. The summed E-state index contributed by atoms with van der Waals surface area (Å²) in [4.78, 5) is 27.0. The molecule has 0 unspecified atom stereocenters. The highest BCUT2D eigenvalue weighted by Crippen LogP contribution is 2.29. The van der Waals surface area contributed by atoms with Crippen LogP contribution in [0.5, 0.6) is 0 Å². The fourth-order valence-corrected chi connectivity index (χ4v) is 6.51. The highest BCUT2D eigenvalue weighted by molar-refractivity contribution is 7.91. The Balaban J connectivity index is 1.57. The Hall–Kier alpha value is -2.20. The molecule has 29 heavy (non-hydrogen) atoms. The monoisotopic (exact) mass is 451 g/mol. The van der Waals surface area contributed by atoms with Crippen LogP contribution >= 0.6 is 22.9 Å². The highest BCUT2D eigenvalue weighted by atomic mass is 35.5. The molecule has 1 amide bonds. The molecule has 7 nitrogen and oxygen atoms in total. The summed E-state index contributed by atoms with van der Waals surface area (Å²) in [6.07, 6.45) is 0. The number of hydrogen-bond donors (Lipinski definition) is 0. The number of benzene rings is 1. The molecule has 4 rings (SSSR count). The van der Waals surface area contributed by atoms with Crippen LogP contribution in [0.1, 0.15) is 10.4 Å². The topological polar surface area (TPSA) is 79.7 Å². The molecule has 1 saturated heterocycles. The molecular formula is C19H18ClN3O4S2. The van der Waals surface area contributed by atoms with Crippen molar-refractivity contribution in [2.45, 2.75) is 4.21 Å². The number of carbonyl (C=O) groups is 1. The van der Waals surface area contributed by atoms with Crippen LogP contribution in [0, 0.1) is 0 Å². The number of aromatic nitrogens is 1. The second kappa shape index (κ2) is 7.56. The molecule has 0 bridgehead atoms. The fraction of sp³-hybridized carbons (Fsp3) is 0.263. The van der Waals surface area contributed by atoms with E-state index in [0.29, 0.717) is 20.8 Å². The van der Waals surface area contributed by atoms with Crippen molar-refractivity contribution >= 4 is 49.8 Å². The Kier molecular flexibility index (Phi) is 5.24. The van der Waals surface area contributed by atoms with Crippen molar-refractivity contribution in [3.05, 3.63) is 62.7 Å². The lowest BCUT2D eigenvalue weighted by atomic mass is 10.1. The van der Waals surface area contributed by atoms with Crippen molar-refractivity contribution in [1.29, 1.82) is 0 Å². The first kappa shape index (κ1) is 20.1. The molecule has 1 aliphatic heterocycles. The smallest absolute Gasteiger partial charge is 0.254 e. The van der Waals surface area contributed by atoms with E-state index in [9.17, 15) is 18.0 Å². The first-order valence-corrected chi connectivity index (χ1v) is 11.6. The summed E-state index contributed by atoms with van der Waals surface area (Å²) in [6.45, 7) is 0.875. The second-order valence-electron chi connectivity index (χ2n) is 6.73. The zero-order valence-electron chi connectivity index (χ0n) is 15.5. The predicted octanol–water partition coefficient (Wildman–Crippen LogP) is 2.40. The summed E-state index contributed by atoms with van der Waals surface area (Å²) >= 11 is 6.88. The van der Waals surface area contributed by atoms with E-state index in [4.69, 9.17) is 11.6 Å². The number of aryl methyl sites for hydroxylation is 1. The summed E-state index contributed by atoms with van der Waals surface area (Å²) in [5.41, 5.74) is 0.757. The third-order valence-corrected chi connectivity index (χ3v) is 8.65. The number of rotatable bonds is 3. The zero-order valence-corrected chi connectivity index (χ0v) is 17.9. The van der Waals surface area contributed by atoms with Gasteiger partial charge < -0.3 is 9.47 Å². The van der Waals surface area contributed by atoms with Gasteiger partial charge in [-0.1, -0.05) is 29.8 Å².